The highest BCUT2D eigenvalue weighted by Gasteiger charge is 2.32. The highest BCUT2D eigenvalue weighted by molar-refractivity contribution is 5.61. The van der Waals surface area contributed by atoms with E-state index in [-0.39, 0.29) is 6.04 Å². The van der Waals surface area contributed by atoms with Gasteiger partial charge in [-0.15, -0.1) is 0 Å². The number of methoxy groups -OCH3 is 5. The summed E-state index contributed by atoms with van der Waals surface area (Å²) in [6.45, 7) is 0.962. The van der Waals surface area contributed by atoms with Gasteiger partial charge in [0.15, 0.2) is 23.0 Å². The Kier molecular flexibility index (Phi) is 6.19. The molecule has 0 N–H and O–H groups in total. The largest absolute Gasteiger partial charge is 0.493 e. The third-order valence-corrected chi connectivity index (χ3v) is 5.43. The first-order valence-corrected chi connectivity index (χ1v) is 9.30. The Morgan fingerprint density at radius 1 is 0.821 bits per heavy atom. The standard InChI is InChI=1S/C22H29NO5/c1-23-10-9-15-13-19(26-4)21(27-5)22(28-6)20(15)16(23)11-14-7-8-17(24-2)18(12-14)25-3/h7-8,12-13,16H,9-11H2,1-6H3. The van der Waals surface area contributed by atoms with Crippen LogP contribution in [0.4, 0.5) is 0 Å². The summed E-state index contributed by atoms with van der Waals surface area (Å²) in [6.07, 6.45) is 1.75. The Labute approximate surface area is 166 Å². The monoisotopic (exact) mass is 387 g/mol. The van der Waals surface area contributed by atoms with Crippen LogP contribution in [0.25, 0.3) is 0 Å². The van der Waals surface area contributed by atoms with Gasteiger partial charge in [-0.05, 0) is 49.2 Å². The average Bonchev–Trinajstić information content (AvgIpc) is 2.73. The fourth-order valence-corrected chi connectivity index (χ4v) is 3.96. The molecule has 3 rings (SSSR count). The molecule has 28 heavy (non-hydrogen) atoms. The maximum absolute atomic E-state index is 5.80. The second-order valence-corrected chi connectivity index (χ2v) is 6.86. The predicted molar refractivity (Wildman–Crippen MR) is 108 cm³/mol. The predicted octanol–water partition coefficient (Wildman–Crippen LogP) is 3.50. The molecule has 1 atom stereocenters. The molecule has 0 spiro atoms. The van der Waals surface area contributed by atoms with Gasteiger partial charge < -0.3 is 23.7 Å². The molecular formula is C22H29NO5. The van der Waals surface area contributed by atoms with Gasteiger partial charge in [-0.3, -0.25) is 4.90 Å². The SMILES string of the molecule is COc1ccc(CC2c3c(cc(OC)c(OC)c3OC)CCN2C)cc1OC. The normalized spacial score (nSPS) is 16.3. The number of nitrogens with zero attached hydrogens (tertiary/aromatic N) is 1. The second kappa shape index (κ2) is 8.61. The number of ether oxygens (including phenoxy) is 5. The third-order valence-electron chi connectivity index (χ3n) is 5.43. The smallest absolute Gasteiger partial charge is 0.203 e. The van der Waals surface area contributed by atoms with Gasteiger partial charge in [-0.1, -0.05) is 6.07 Å². The molecule has 0 fully saturated rings. The fraction of sp³-hybridized carbons (Fsp3) is 0.455. The van der Waals surface area contributed by atoms with Crippen molar-refractivity contribution >= 4 is 0 Å². The summed E-state index contributed by atoms with van der Waals surface area (Å²) in [7, 11) is 10.4. The van der Waals surface area contributed by atoms with Crippen LogP contribution >= 0.6 is 0 Å². The third kappa shape index (κ3) is 3.56. The lowest BCUT2D eigenvalue weighted by Gasteiger charge is -2.36. The molecule has 0 aromatic heterocycles. The number of hydrogen-bond acceptors (Lipinski definition) is 6. The van der Waals surface area contributed by atoms with E-state index < -0.39 is 0 Å². The Morgan fingerprint density at radius 2 is 1.50 bits per heavy atom. The minimum atomic E-state index is 0.150. The van der Waals surface area contributed by atoms with E-state index in [9.17, 15) is 0 Å². The Balaban J connectivity index is 2.06. The van der Waals surface area contributed by atoms with E-state index in [0.717, 1.165) is 42.2 Å². The molecule has 1 aliphatic heterocycles. The van der Waals surface area contributed by atoms with E-state index in [0.29, 0.717) is 11.5 Å². The number of rotatable bonds is 7. The number of likely N-dealkylation sites (N-methyl/N-ethyl adjacent to an activating group) is 1. The molecule has 0 saturated heterocycles. The maximum Gasteiger partial charge on any atom is 0.203 e. The van der Waals surface area contributed by atoms with E-state index in [4.69, 9.17) is 23.7 Å². The molecule has 152 valence electrons. The zero-order valence-electron chi connectivity index (χ0n) is 17.5. The highest BCUT2D eigenvalue weighted by Crippen LogP contribution is 2.48. The van der Waals surface area contributed by atoms with Crippen molar-refractivity contribution in [3.05, 3.63) is 41.0 Å². The number of benzene rings is 2. The van der Waals surface area contributed by atoms with Gasteiger partial charge in [-0.25, -0.2) is 0 Å². The molecule has 2 aromatic carbocycles. The van der Waals surface area contributed by atoms with Crippen molar-refractivity contribution < 1.29 is 23.7 Å². The molecule has 0 saturated carbocycles. The van der Waals surface area contributed by atoms with E-state index in [1.54, 1.807) is 35.5 Å². The molecule has 6 nitrogen and oxygen atoms in total. The Morgan fingerprint density at radius 3 is 2.11 bits per heavy atom. The van der Waals surface area contributed by atoms with Gasteiger partial charge in [0.25, 0.3) is 0 Å². The molecule has 6 heteroatoms. The van der Waals surface area contributed by atoms with E-state index >= 15 is 0 Å². The molecule has 1 heterocycles. The van der Waals surface area contributed by atoms with Crippen LogP contribution in [0.15, 0.2) is 24.3 Å². The van der Waals surface area contributed by atoms with Crippen molar-refractivity contribution in [3.63, 3.8) is 0 Å². The number of hydrogen-bond donors (Lipinski definition) is 0. The van der Waals surface area contributed by atoms with Crippen LogP contribution in [0.5, 0.6) is 28.7 Å². The van der Waals surface area contributed by atoms with Gasteiger partial charge in [-0.2, -0.15) is 0 Å². The molecule has 0 bridgehead atoms. The molecule has 2 aromatic rings. The topological polar surface area (TPSA) is 49.4 Å². The molecule has 1 aliphatic rings. The van der Waals surface area contributed by atoms with Crippen molar-refractivity contribution in [2.45, 2.75) is 18.9 Å². The fourth-order valence-electron chi connectivity index (χ4n) is 3.96. The van der Waals surface area contributed by atoms with Crippen molar-refractivity contribution in [2.24, 2.45) is 0 Å². The van der Waals surface area contributed by atoms with Gasteiger partial charge in [0.2, 0.25) is 5.75 Å². The molecule has 0 radical (unpaired) electrons. The Bertz CT molecular complexity index is 836. The zero-order chi connectivity index (χ0) is 20.3. The minimum Gasteiger partial charge on any atom is -0.493 e. The molecule has 0 aliphatic carbocycles. The average molecular weight is 387 g/mol. The maximum atomic E-state index is 5.80. The summed E-state index contributed by atoms with van der Waals surface area (Å²) in [5, 5.41) is 0. The van der Waals surface area contributed by atoms with Crippen LogP contribution in [0.3, 0.4) is 0 Å². The van der Waals surface area contributed by atoms with Crippen molar-refractivity contribution in [3.8, 4) is 28.7 Å². The van der Waals surface area contributed by atoms with Gasteiger partial charge in [0.05, 0.1) is 35.5 Å². The first-order chi connectivity index (χ1) is 13.6. The Hall–Kier alpha value is -2.60. The lowest BCUT2D eigenvalue weighted by Crippen LogP contribution is -2.34. The summed E-state index contributed by atoms with van der Waals surface area (Å²) < 4.78 is 27.8. The van der Waals surface area contributed by atoms with Gasteiger partial charge >= 0.3 is 0 Å². The van der Waals surface area contributed by atoms with Gasteiger partial charge in [0.1, 0.15) is 0 Å². The summed E-state index contributed by atoms with van der Waals surface area (Å²) in [4.78, 5) is 2.35. The van der Waals surface area contributed by atoms with Crippen LogP contribution in [0.1, 0.15) is 22.7 Å². The molecule has 1 unspecified atom stereocenters. The van der Waals surface area contributed by atoms with Crippen molar-refractivity contribution in [1.29, 1.82) is 0 Å². The van der Waals surface area contributed by atoms with Crippen molar-refractivity contribution in [2.75, 3.05) is 49.1 Å². The number of fused-ring (bicyclic) bond motifs is 1. The lowest BCUT2D eigenvalue weighted by atomic mass is 9.87. The van der Waals surface area contributed by atoms with Crippen molar-refractivity contribution in [1.82, 2.24) is 4.90 Å². The second-order valence-electron chi connectivity index (χ2n) is 6.86. The highest BCUT2D eigenvalue weighted by atomic mass is 16.5. The lowest BCUT2D eigenvalue weighted by molar-refractivity contribution is 0.219. The quantitative estimate of drug-likeness (QED) is 0.725. The van der Waals surface area contributed by atoms with Gasteiger partial charge in [0, 0.05) is 18.2 Å². The van der Waals surface area contributed by atoms with Crippen LogP contribution < -0.4 is 23.7 Å². The van der Waals surface area contributed by atoms with Crippen LogP contribution in [0.2, 0.25) is 0 Å². The summed E-state index contributed by atoms with van der Waals surface area (Å²) in [5.74, 6) is 3.54. The van der Waals surface area contributed by atoms with Crippen LogP contribution in [-0.2, 0) is 12.8 Å². The summed E-state index contributed by atoms with van der Waals surface area (Å²) in [6, 6.07) is 8.29. The minimum absolute atomic E-state index is 0.150. The molecular weight excluding hydrogens is 358 g/mol. The first kappa shape index (κ1) is 20.1. The summed E-state index contributed by atoms with van der Waals surface area (Å²) >= 11 is 0. The van der Waals surface area contributed by atoms with E-state index in [2.05, 4.69) is 24.1 Å². The summed E-state index contributed by atoms with van der Waals surface area (Å²) in [5.41, 5.74) is 3.56. The van der Waals surface area contributed by atoms with Crippen LogP contribution in [0, 0.1) is 0 Å². The first-order valence-electron chi connectivity index (χ1n) is 9.30. The zero-order valence-corrected chi connectivity index (χ0v) is 17.5. The molecule has 0 amide bonds. The van der Waals surface area contributed by atoms with E-state index in [1.807, 2.05) is 12.1 Å². The van der Waals surface area contributed by atoms with E-state index in [1.165, 1.54) is 11.1 Å². The van der Waals surface area contributed by atoms with Crippen LogP contribution in [-0.4, -0.2) is 54.0 Å².